The van der Waals surface area contributed by atoms with E-state index in [1.165, 1.54) is 0 Å². The number of halogens is 1. The van der Waals surface area contributed by atoms with Gasteiger partial charge in [0.25, 0.3) is 0 Å². The Morgan fingerprint density at radius 3 is 2.58 bits per heavy atom. The SMILES string of the molecule is CC(C)(C)ONCCC(Br)C=O. The topological polar surface area (TPSA) is 38.3 Å². The minimum atomic E-state index is -0.178. The number of hydrogen-bond donors (Lipinski definition) is 1. The molecule has 12 heavy (non-hydrogen) atoms. The molecule has 0 saturated heterocycles. The molecular weight excluding hydrogens is 222 g/mol. The summed E-state index contributed by atoms with van der Waals surface area (Å²) in [5, 5.41) is 0. The van der Waals surface area contributed by atoms with Crippen LogP contribution in [0.4, 0.5) is 0 Å². The number of nitrogens with one attached hydrogen (secondary N) is 1. The maximum atomic E-state index is 10.2. The molecule has 1 atom stereocenters. The van der Waals surface area contributed by atoms with Crippen molar-refractivity contribution >= 4 is 22.2 Å². The van der Waals surface area contributed by atoms with E-state index in [9.17, 15) is 4.79 Å². The molecule has 1 N–H and O–H groups in total. The van der Waals surface area contributed by atoms with Gasteiger partial charge in [-0.3, -0.25) is 4.84 Å². The zero-order valence-corrected chi connectivity index (χ0v) is 9.35. The fourth-order valence-electron chi connectivity index (χ4n) is 0.532. The molecule has 0 aliphatic heterocycles. The van der Waals surface area contributed by atoms with Crippen molar-refractivity contribution in [1.82, 2.24) is 5.48 Å². The van der Waals surface area contributed by atoms with Crippen molar-refractivity contribution in [1.29, 1.82) is 0 Å². The molecule has 0 spiro atoms. The first kappa shape index (κ1) is 12.1. The van der Waals surface area contributed by atoms with Crippen molar-refractivity contribution in [3.8, 4) is 0 Å². The van der Waals surface area contributed by atoms with Crippen molar-refractivity contribution in [2.75, 3.05) is 6.54 Å². The van der Waals surface area contributed by atoms with E-state index in [0.717, 1.165) is 12.7 Å². The highest BCUT2D eigenvalue weighted by Gasteiger charge is 2.09. The van der Waals surface area contributed by atoms with Crippen LogP contribution in [0.2, 0.25) is 0 Å². The molecule has 0 aromatic rings. The molecule has 72 valence electrons. The summed E-state index contributed by atoms with van der Waals surface area (Å²) in [5.74, 6) is 0. The van der Waals surface area contributed by atoms with Crippen LogP contribution in [0.5, 0.6) is 0 Å². The Balaban J connectivity index is 3.27. The van der Waals surface area contributed by atoms with Crippen LogP contribution >= 0.6 is 15.9 Å². The summed E-state index contributed by atoms with van der Waals surface area (Å²) in [6, 6.07) is 0. The zero-order valence-electron chi connectivity index (χ0n) is 7.76. The van der Waals surface area contributed by atoms with Gasteiger partial charge in [-0.2, -0.15) is 0 Å². The van der Waals surface area contributed by atoms with Crippen LogP contribution in [0.25, 0.3) is 0 Å². The quantitative estimate of drug-likeness (QED) is 0.342. The molecule has 0 radical (unpaired) electrons. The zero-order chi connectivity index (χ0) is 9.61. The molecule has 0 fully saturated rings. The average Bonchev–Trinajstić information content (AvgIpc) is 1.96. The van der Waals surface area contributed by atoms with E-state index in [1.807, 2.05) is 20.8 Å². The van der Waals surface area contributed by atoms with Crippen molar-refractivity contribution in [2.24, 2.45) is 0 Å². The first-order chi connectivity index (χ1) is 5.45. The Labute approximate surface area is 81.9 Å². The average molecular weight is 238 g/mol. The van der Waals surface area contributed by atoms with Crippen LogP contribution in [0.3, 0.4) is 0 Å². The highest BCUT2D eigenvalue weighted by Crippen LogP contribution is 2.04. The van der Waals surface area contributed by atoms with Crippen LogP contribution in [0, 0.1) is 0 Å². The maximum Gasteiger partial charge on any atom is 0.133 e. The van der Waals surface area contributed by atoms with E-state index < -0.39 is 0 Å². The normalized spacial score (nSPS) is 14.3. The Bertz CT molecular complexity index is 134. The third-order valence-electron chi connectivity index (χ3n) is 1.05. The molecule has 4 heteroatoms. The molecule has 0 aliphatic rings. The molecule has 0 amide bonds. The Kier molecular flexibility index (Phi) is 5.70. The number of carbonyl (C=O) groups excluding carboxylic acids is 1. The fourth-order valence-corrected chi connectivity index (χ4v) is 0.761. The second kappa shape index (κ2) is 5.67. The summed E-state index contributed by atoms with van der Waals surface area (Å²) in [6.45, 7) is 6.56. The smallest absolute Gasteiger partial charge is 0.133 e. The lowest BCUT2D eigenvalue weighted by atomic mass is 10.2. The molecule has 0 bridgehead atoms. The Hall–Kier alpha value is 0.0700. The van der Waals surface area contributed by atoms with Crippen molar-refractivity contribution in [3.05, 3.63) is 0 Å². The molecular formula is C8H16BrNO2. The van der Waals surface area contributed by atoms with Gasteiger partial charge in [-0.15, -0.1) is 0 Å². The summed E-state index contributed by atoms with van der Waals surface area (Å²) >= 11 is 3.19. The third kappa shape index (κ3) is 8.17. The number of hydroxylamine groups is 1. The lowest BCUT2D eigenvalue weighted by Gasteiger charge is -2.19. The predicted octanol–water partition coefficient (Wildman–Crippen LogP) is 1.66. The van der Waals surface area contributed by atoms with Crippen molar-refractivity contribution in [2.45, 2.75) is 37.6 Å². The Morgan fingerprint density at radius 2 is 2.17 bits per heavy atom. The van der Waals surface area contributed by atoms with Gasteiger partial charge < -0.3 is 4.79 Å². The maximum absolute atomic E-state index is 10.2. The number of hydrogen-bond acceptors (Lipinski definition) is 3. The number of aldehydes is 1. The van der Waals surface area contributed by atoms with Gasteiger partial charge in [-0.1, -0.05) is 15.9 Å². The number of carbonyl (C=O) groups is 1. The summed E-state index contributed by atoms with van der Waals surface area (Å²) in [5.41, 5.74) is 2.62. The second-order valence-electron chi connectivity index (χ2n) is 3.55. The molecule has 0 aromatic carbocycles. The van der Waals surface area contributed by atoms with E-state index in [0.29, 0.717) is 6.54 Å². The summed E-state index contributed by atoms with van der Waals surface area (Å²) in [6.07, 6.45) is 1.61. The van der Waals surface area contributed by atoms with Gasteiger partial charge in [0.1, 0.15) is 6.29 Å². The lowest BCUT2D eigenvalue weighted by molar-refractivity contribution is -0.107. The summed E-state index contributed by atoms with van der Waals surface area (Å²) < 4.78 is 0. The minimum absolute atomic E-state index is 0.0754. The van der Waals surface area contributed by atoms with Gasteiger partial charge in [0.05, 0.1) is 10.4 Å². The molecule has 0 saturated carbocycles. The van der Waals surface area contributed by atoms with Crippen LogP contribution in [-0.4, -0.2) is 23.3 Å². The van der Waals surface area contributed by atoms with Gasteiger partial charge in [0.15, 0.2) is 0 Å². The molecule has 0 rings (SSSR count). The number of alkyl halides is 1. The van der Waals surface area contributed by atoms with E-state index in [4.69, 9.17) is 4.84 Å². The van der Waals surface area contributed by atoms with Crippen molar-refractivity contribution < 1.29 is 9.63 Å². The fraction of sp³-hybridized carbons (Fsp3) is 0.875. The molecule has 0 heterocycles. The predicted molar refractivity (Wildman–Crippen MR) is 52.2 cm³/mol. The first-order valence-corrected chi connectivity index (χ1v) is 4.87. The largest absolute Gasteiger partial charge is 0.302 e. The Morgan fingerprint density at radius 1 is 1.58 bits per heavy atom. The highest BCUT2D eigenvalue weighted by atomic mass is 79.9. The van der Waals surface area contributed by atoms with E-state index in [-0.39, 0.29) is 10.4 Å². The third-order valence-corrected chi connectivity index (χ3v) is 1.72. The minimum Gasteiger partial charge on any atom is -0.302 e. The highest BCUT2D eigenvalue weighted by molar-refractivity contribution is 9.09. The summed E-state index contributed by atoms with van der Waals surface area (Å²) in [4.78, 5) is 15.3. The second-order valence-corrected chi connectivity index (χ2v) is 4.73. The van der Waals surface area contributed by atoms with Crippen LogP contribution in [0.15, 0.2) is 0 Å². The van der Waals surface area contributed by atoms with Crippen LogP contribution in [0.1, 0.15) is 27.2 Å². The first-order valence-electron chi connectivity index (χ1n) is 3.96. The molecule has 0 aromatic heterocycles. The van der Waals surface area contributed by atoms with Crippen LogP contribution < -0.4 is 5.48 Å². The van der Waals surface area contributed by atoms with Gasteiger partial charge in [0.2, 0.25) is 0 Å². The lowest BCUT2D eigenvalue weighted by Crippen LogP contribution is -2.30. The molecule has 0 aliphatic carbocycles. The van der Waals surface area contributed by atoms with E-state index in [1.54, 1.807) is 0 Å². The van der Waals surface area contributed by atoms with Gasteiger partial charge in [-0.25, -0.2) is 5.48 Å². The van der Waals surface area contributed by atoms with Gasteiger partial charge in [-0.05, 0) is 27.2 Å². The standard InChI is InChI=1S/C8H16BrNO2/c1-8(2,3)12-10-5-4-7(9)6-11/h6-7,10H,4-5H2,1-3H3. The van der Waals surface area contributed by atoms with E-state index in [2.05, 4.69) is 21.4 Å². The molecule has 1 unspecified atom stereocenters. The monoisotopic (exact) mass is 237 g/mol. The summed E-state index contributed by atoms with van der Waals surface area (Å²) in [7, 11) is 0. The molecule has 3 nitrogen and oxygen atoms in total. The number of rotatable bonds is 5. The van der Waals surface area contributed by atoms with Gasteiger partial charge in [0, 0.05) is 6.54 Å². The van der Waals surface area contributed by atoms with Gasteiger partial charge >= 0.3 is 0 Å². The van der Waals surface area contributed by atoms with Crippen molar-refractivity contribution in [3.63, 3.8) is 0 Å². The van der Waals surface area contributed by atoms with Crippen LogP contribution in [-0.2, 0) is 9.63 Å². The van der Waals surface area contributed by atoms with E-state index >= 15 is 0 Å².